The highest BCUT2D eigenvalue weighted by molar-refractivity contribution is 7.98. The summed E-state index contributed by atoms with van der Waals surface area (Å²) in [6, 6.07) is 4.74. The van der Waals surface area contributed by atoms with Crippen molar-refractivity contribution < 1.29 is 9.90 Å². The Balaban J connectivity index is 2.63. The molecule has 4 nitrogen and oxygen atoms in total. The Morgan fingerprint density at radius 3 is 2.82 bits per heavy atom. The number of nitrogens with two attached hydrogens (primary N) is 1. The van der Waals surface area contributed by atoms with Gasteiger partial charge in [0.15, 0.2) is 0 Å². The molecule has 1 aromatic rings. The predicted molar refractivity (Wildman–Crippen MR) is 73.8 cm³/mol. The van der Waals surface area contributed by atoms with E-state index in [4.69, 9.17) is 10.8 Å². The molecule has 17 heavy (non-hydrogen) atoms. The predicted octanol–water partition coefficient (Wildman–Crippen LogP) is 2.38. The number of hydrogen-bond donors (Lipinski definition) is 3. The van der Waals surface area contributed by atoms with Crippen LogP contribution in [0.2, 0.25) is 0 Å². The van der Waals surface area contributed by atoms with Gasteiger partial charge in [-0.15, -0.1) is 0 Å². The van der Waals surface area contributed by atoms with Gasteiger partial charge in [-0.1, -0.05) is 6.92 Å². The van der Waals surface area contributed by atoms with Gasteiger partial charge >= 0.3 is 5.97 Å². The maximum Gasteiger partial charge on any atom is 0.335 e. The third-order valence-electron chi connectivity index (χ3n) is 2.39. The number of carboxylic acids is 1. The van der Waals surface area contributed by atoms with Crippen LogP contribution in [0.5, 0.6) is 0 Å². The highest BCUT2D eigenvalue weighted by atomic mass is 32.2. The first kappa shape index (κ1) is 13.7. The van der Waals surface area contributed by atoms with Gasteiger partial charge in [0.2, 0.25) is 0 Å². The monoisotopic (exact) mass is 254 g/mol. The summed E-state index contributed by atoms with van der Waals surface area (Å²) in [6.45, 7) is 2.99. The van der Waals surface area contributed by atoms with Crippen molar-refractivity contribution in [3.8, 4) is 0 Å². The summed E-state index contributed by atoms with van der Waals surface area (Å²) in [5.74, 6) is 0.669. The van der Waals surface area contributed by atoms with Crippen LogP contribution in [-0.4, -0.2) is 29.6 Å². The Hall–Kier alpha value is -1.36. The van der Waals surface area contributed by atoms with Gasteiger partial charge in [0, 0.05) is 6.54 Å². The van der Waals surface area contributed by atoms with E-state index in [1.807, 2.05) is 0 Å². The molecule has 0 bridgehead atoms. The molecule has 0 fully saturated rings. The molecule has 0 aliphatic rings. The van der Waals surface area contributed by atoms with Crippen LogP contribution < -0.4 is 11.1 Å². The van der Waals surface area contributed by atoms with Gasteiger partial charge in [0.25, 0.3) is 0 Å². The first-order valence-electron chi connectivity index (χ1n) is 5.40. The molecule has 0 saturated heterocycles. The summed E-state index contributed by atoms with van der Waals surface area (Å²) >= 11 is 1.81. The summed E-state index contributed by atoms with van der Waals surface area (Å²) in [5.41, 5.74) is 7.27. The number of carboxylic acid groups (broad SMARTS) is 1. The fraction of sp³-hybridized carbons (Fsp3) is 0.417. The number of nitrogens with one attached hydrogen (secondary N) is 1. The lowest BCUT2D eigenvalue weighted by molar-refractivity contribution is 0.0697. The van der Waals surface area contributed by atoms with E-state index in [1.165, 1.54) is 6.07 Å². The number of rotatable bonds is 6. The quantitative estimate of drug-likeness (QED) is 0.680. The van der Waals surface area contributed by atoms with Crippen LogP contribution in [0.15, 0.2) is 18.2 Å². The van der Waals surface area contributed by atoms with Crippen LogP contribution in [0.3, 0.4) is 0 Å². The molecular weight excluding hydrogens is 236 g/mol. The number of hydrogen-bond acceptors (Lipinski definition) is 4. The zero-order valence-electron chi connectivity index (χ0n) is 10.1. The molecule has 0 radical (unpaired) electrons. The van der Waals surface area contributed by atoms with Gasteiger partial charge in [-0.05, 0) is 36.1 Å². The summed E-state index contributed by atoms with van der Waals surface area (Å²) in [5, 5.41) is 12.0. The van der Waals surface area contributed by atoms with Gasteiger partial charge in [0.05, 0.1) is 16.9 Å². The normalized spacial score (nSPS) is 12.1. The van der Waals surface area contributed by atoms with Crippen molar-refractivity contribution in [2.75, 3.05) is 29.6 Å². The van der Waals surface area contributed by atoms with E-state index in [-0.39, 0.29) is 5.56 Å². The first-order chi connectivity index (χ1) is 8.04. The molecule has 94 valence electrons. The van der Waals surface area contributed by atoms with E-state index in [0.717, 1.165) is 18.0 Å². The lowest BCUT2D eigenvalue weighted by Crippen LogP contribution is -2.14. The van der Waals surface area contributed by atoms with Crippen molar-refractivity contribution >= 4 is 29.1 Å². The number of nitrogen functional groups attached to an aromatic ring is 1. The van der Waals surface area contributed by atoms with E-state index in [0.29, 0.717) is 11.6 Å². The molecule has 5 heteroatoms. The maximum absolute atomic E-state index is 10.7. The van der Waals surface area contributed by atoms with Crippen molar-refractivity contribution in [3.05, 3.63) is 23.8 Å². The Kier molecular flexibility index (Phi) is 5.15. The molecule has 0 aliphatic heterocycles. The molecule has 1 rings (SSSR count). The van der Waals surface area contributed by atoms with Crippen molar-refractivity contribution in [2.24, 2.45) is 5.92 Å². The molecule has 0 heterocycles. The summed E-state index contributed by atoms with van der Waals surface area (Å²) < 4.78 is 0. The van der Waals surface area contributed by atoms with Crippen molar-refractivity contribution in [3.63, 3.8) is 0 Å². The Labute approximate surface area is 106 Å². The van der Waals surface area contributed by atoms with Gasteiger partial charge < -0.3 is 16.2 Å². The molecule has 0 aromatic heterocycles. The van der Waals surface area contributed by atoms with E-state index < -0.39 is 5.97 Å². The topological polar surface area (TPSA) is 75.3 Å². The molecule has 0 amide bonds. The smallest absolute Gasteiger partial charge is 0.335 e. The molecule has 1 unspecified atom stereocenters. The Bertz CT molecular complexity index is 396. The van der Waals surface area contributed by atoms with Crippen LogP contribution in [0.4, 0.5) is 11.4 Å². The Morgan fingerprint density at radius 1 is 1.59 bits per heavy atom. The Morgan fingerprint density at radius 2 is 2.29 bits per heavy atom. The average molecular weight is 254 g/mol. The zero-order valence-corrected chi connectivity index (χ0v) is 10.9. The largest absolute Gasteiger partial charge is 0.478 e. The van der Waals surface area contributed by atoms with Gasteiger partial charge in [0.1, 0.15) is 0 Å². The fourth-order valence-corrected chi connectivity index (χ4v) is 2.17. The number of aromatic carboxylic acids is 1. The third-order valence-corrected chi connectivity index (χ3v) is 3.29. The van der Waals surface area contributed by atoms with Crippen LogP contribution in [0.1, 0.15) is 17.3 Å². The third kappa shape index (κ3) is 4.19. The minimum atomic E-state index is -0.959. The second-order valence-electron chi connectivity index (χ2n) is 4.05. The average Bonchev–Trinajstić information content (AvgIpc) is 2.27. The molecule has 0 spiro atoms. The molecule has 1 atom stereocenters. The minimum absolute atomic E-state index is 0.213. The lowest BCUT2D eigenvalue weighted by Gasteiger charge is -2.14. The molecule has 0 aliphatic carbocycles. The van der Waals surface area contributed by atoms with Crippen LogP contribution in [0.25, 0.3) is 0 Å². The minimum Gasteiger partial charge on any atom is -0.478 e. The van der Waals surface area contributed by atoms with Crippen molar-refractivity contribution in [2.45, 2.75) is 6.92 Å². The summed E-state index contributed by atoms with van der Waals surface area (Å²) in [6.07, 6.45) is 2.08. The summed E-state index contributed by atoms with van der Waals surface area (Å²) in [7, 11) is 0. The fourth-order valence-electron chi connectivity index (χ4n) is 1.48. The SMILES string of the molecule is CSCC(C)CNc1ccc(C(=O)O)cc1N. The highest BCUT2D eigenvalue weighted by Crippen LogP contribution is 2.20. The lowest BCUT2D eigenvalue weighted by atomic mass is 10.1. The molecule has 1 aromatic carbocycles. The number of thioether (sulfide) groups is 1. The van der Waals surface area contributed by atoms with Crippen LogP contribution >= 0.6 is 11.8 Å². The van der Waals surface area contributed by atoms with E-state index in [1.54, 1.807) is 23.9 Å². The zero-order chi connectivity index (χ0) is 12.8. The summed E-state index contributed by atoms with van der Waals surface area (Å²) in [4.78, 5) is 10.7. The van der Waals surface area contributed by atoms with Crippen LogP contribution in [-0.2, 0) is 0 Å². The first-order valence-corrected chi connectivity index (χ1v) is 6.79. The van der Waals surface area contributed by atoms with Gasteiger partial charge in [-0.25, -0.2) is 4.79 Å². The van der Waals surface area contributed by atoms with E-state index >= 15 is 0 Å². The van der Waals surface area contributed by atoms with Crippen molar-refractivity contribution in [1.82, 2.24) is 0 Å². The number of anilines is 2. The molecule has 4 N–H and O–H groups in total. The number of carbonyl (C=O) groups is 1. The molecular formula is C12H18N2O2S. The maximum atomic E-state index is 10.7. The van der Waals surface area contributed by atoms with Crippen LogP contribution in [0, 0.1) is 5.92 Å². The second-order valence-corrected chi connectivity index (χ2v) is 4.96. The van der Waals surface area contributed by atoms with E-state index in [2.05, 4.69) is 18.5 Å². The van der Waals surface area contributed by atoms with Crippen molar-refractivity contribution in [1.29, 1.82) is 0 Å². The van der Waals surface area contributed by atoms with Gasteiger partial charge in [-0.2, -0.15) is 11.8 Å². The second kappa shape index (κ2) is 6.39. The highest BCUT2D eigenvalue weighted by Gasteiger charge is 2.07. The standard InChI is InChI=1S/C12H18N2O2S/c1-8(7-17-2)6-14-11-4-3-9(12(15)16)5-10(11)13/h3-5,8,14H,6-7,13H2,1-2H3,(H,15,16). The van der Waals surface area contributed by atoms with E-state index in [9.17, 15) is 4.79 Å². The van der Waals surface area contributed by atoms with Gasteiger partial charge in [-0.3, -0.25) is 0 Å². The molecule has 0 saturated carbocycles. The number of benzene rings is 1.